The van der Waals surface area contributed by atoms with Gasteiger partial charge in [0.15, 0.2) is 0 Å². The molecule has 3 aromatic heterocycles. The summed E-state index contributed by atoms with van der Waals surface area (Å²) in [4.78, 5) is 14.4. The summed E-state index contributed by atoms with van der Waals surface area (Å²) in [5.74, 6) is 0.771. The summed E-state index contributed by atoms with van der Waals surface area (Å²) in [6.07, 6.45) is 3.72. The lowest BCUT2D eigenvalue weighted by Gasteiger charge is -2.51. The Bertz CT molecular complexity index is 1100. The van der Waals surface area contributed by atoms with Crippen LogP contribution in [0.3, 0.4) is 0 Å². The molecule has 0 N–H and O–H groups in total. The Hall–Kier alpha value is -2.20. The first-order chi connectivity index (χ1) is 15.3. The molecule has 2 aliphatic rings. The Morgan fingerprint density at radius 3 is 2.72 bits per heavy atom. The topological polar surface area (TPSA) is 50.1 Å². The van der Waals surface area contributed by atoms with Crippen LogP contribution in [0, 0.1) is 5.41 Å². The largest absolute Gasteiger partial charge is 0.393 e. The molecule has 2 aliphatic heterocycles. The highest BCUT2D eigenvalue weighted by Crippen LogP contribution is 2.46. The van der Waals surface area contributed by atoms with Crippen molar-refractivity contribution < 1.29 is 13.2 Å². The van der Waals surface area contributed by atoms with Crippen molar-refractivity contribution in [1.29, 1.82) is 0 Å². The number of thiophene rings is 1. The fraction of sp³-hybridized carbons (Fsp3) is 0.591. The molecule has 1 unspecified atom stereocenters. The van der Waals surface area contributed by atoms with Gasteiger partial charge in [-0.05, 0) is 18.9 Å². The third-order valence-corrected chi connectivity index (χ3v) is 7.70. The number of aromatic nitrogens is 4. The minimum absolute atomic E-state index is 0.219. The van der Waals surface area contributed by atoms with Gasteiger partial charge in [-0.15, -0.1) is 11.3 Å². The van der Waals surface area contributed by atoms with Gasteiger partial charge in [0.25, 0.3) is 0 Å². The highest BCUT2D eigenvalue weighted by Gasteiger charge is 2.50. The van der Waals surface area contributed by atoms with Gasteiger partial charge in [0.1, 0.15) is 17.0 Å². The second-order valence-electron chi connectivity index (χ2n) is 9.25. The van der Waals surface area contributed by atoms with Crippen LogP contribution < -0.4 is 4.90 Å². The number of likely N-dealkylation sites (tertiary alicyclic amines) is 1. The molecule has 1 spiro atoms. The molecule has 6 nitrogen and oxygen atoms in total. The van der Waals surface area contributed by atoms with Gasteiger partial charge in [-0.2, -0.15) is 18.3 Å². The molecule has 3 aromatic rings. The van der Waals surface area contributed by atoms with Crippen molar-refractivity contribution in [2.75, 3.05) is 31.1 Å². The van der Waals surface area contributed by atoms with Crippen molar-refractivity contribution in [3.05, 3.63) is 35.2 Å². The Balaban J connectivity index is 1.30. The van der Waals surface area contributed by atoms with Crippen LogP contribution in [-0.2, 0) is 13.5 Å². The second-order valence-corrected chi connectivity index (χ2v) is 10.4. The second kappa shape index (κ2) is 7.98. The van der Waals surface area contributed by atoms with Crippen molar-refractivity contribution in [1.82, 2.24) is 24.6 Å². The van der Waals surface area contributed by atoms with Gasteiger partial charge in [0.05, 0.1) is 18.0 Å². The van der Waals surface area contributed by atoms with E-state index < -0.39 is 12.6 Å². The molecule has 5 heterocycles. The van der Waals surface area contributed by atoms with E-state index in [-0.39, 0.29) is 10.3 Å². The summed E-state index contributed by atoms with van der Waals surface area (Å²) in [5, 5.41) is 5.09. The van der Waals surface area contributed by atoms with Gasteiger partial charge in [-0.3, -0.25) is 9.58 Å². The summed E-state index contributed by atoms with van der Waals surface area (Å²) < 4.78 is 40.4. The fourth-order valence-corrected chi connectivity index (χ4v) is 6.31. The molecule has 172 valence electrons. The minimum atomic E-state index is -4.22. The molecular weight excluding hydrogens is 437 g/mol. The Morgan fingerprint density at radius 2 is 2.03 bits per heavy atom. The van der Waals surface area contributed by atoms with Crippen molar-refractivity contribution >= 4 is 27.4 Å². The summed E-state index contributed by atoms with van der Waals surface area (Å²) >= 11 is 1.11. The number of fused-ring (bicyclic) bond motifs is 1. The number of hydrogen-bond acceptors (Lipinski definition) is 6. The van der Waals surface area contributed by atoms with E-state index in [0.717, 1.165) is 68.0 Å². The van der Waals surface area contributed by atoms with Crippen molar-refractivity contribution in [2.24, 2.45) is 12.5 Å². The Labute approximate surface area is 189 Å². The summed E-state index contributed by atoms with van der Waals surface area (Å²) in [7, 11) is 1.95. The van der Waals surface area contributed by atoms with E-state index in [4.69, 9.17) is 0 Å². The maximum Gasteiger partial charge on any atom is 0.393 e. The van der Waals surface area contributed by atoms with E-state index in [1.165, 1.54) is 11.9 Å². The minimum Gasteiger partial charge on any atom is -0.355 e. The lowest BCUT2D eigenvalue weighted by Crippen LogP contribution is -2.58. The quantitative estimate of drug-likeness (QED) is 0.534. The first kappa shape index (κ1) is 21.6. The molecular formula is C22H27F3N6S. The summed E-state index contributed by atoms with van der Waals surface area (Å²) in [5.41, 5.74) is 1.49. The zero-order valence-electron chi connectivity index (χ0n) is 18.3. The maximum absolute atomic E-state index is 12.9. The van der Waals surface area contributed by atoms with Crippen LogP contribution in [-0.4, -0.2) is 57.0 Å². The zero-order chi connectivity index (χ0) is 22.5. The number of alkyl halides is 3. The van der Waals surface area contributed by atoms with Crippen LogP contribution >= 0.6 is 11.3 Å². The van der Waals surface area contributed by atoms with Gasteiger partial charge in [-0.1, -0.05) is 13.3 Å². The predicted octanol–water partition coefficient (Wildman–Crippen LogP) is 4.58. The number of hydrogen-bond donors (Lipinski definition) is 0. The molecule has 32 heavy (non-hydrogen) atoms. The zero-order valence-corrected chi connectivity index (χ0v) is 19.1. The number of aryl methyl sites for hydroxylation is 1. The van der Waals surface area contributed by atoms with Crippen LogP contribution in [0.2, 0.25) is 0 Å². The highest BCUT2D eigenvalue weighted by molar-refractivity contribution is 7.18. The third-order valence-electron chi connectivity index (χ3n) is 6.66. The standard InChI is InChI=1S/C22H27F3N6S/c1-3-4-18(15-9-28-29(2)10-15)31-12-21(13-31)5-6-30(11-21)19-17-7-16(8-22(23,24)25)32-20(17)27-14-26-19/h7,9-10,14,18H,3-6,8,11-13H2,1-2H3. The Morgan fingerprint density at radius 1 is 1.22 bits per heavy atom. The van der Waals surface area contributed by atoms with Crippen LogP contribution in [0.15, 0.2) is 24.8 Å². The number of nitrogens with zero attached hydrogens (tertiary/aromatic N) is 6. The molecule has 5 rings (SSSR count). The average Bonchev–Trinajstić information content (AvgIpc) is 3.41. The lowest BCUT2D eigenvalue weighted by molar-refractivity contribution is -0.126. The molecule has 0 radical (unpaired) electrons. The summed E-state index contributed by atoms with van der Waals surface area (Å²) in [6.45, 7) is 6.02. The normalized spacial score (nSPS) is 19.7. The lowest BCUT2D eigenvalue weighted by atomic mass is 9.77. The molecule has 10 heteroatoms. The van der Waals surface area contributed by atoms with Crippen LogP contribution in [0.1, 0.15) is 42.7 Å². The van der Waals surface area contributed by atoms with Crippen LogP contribution in [0.25, 0.3) is 10.2 Å². The third kappa shape index (κ3) is 4.10. The molecule has 2 saturated heterocycles. The molecule has 0 bridgehead atoms. The van der Waals surface area contributed by atoms with Gasteiger partial charge in [0, 0.05) is 61.3 Å². The average molecular weight is 465 g/mol. The molecule has 0 saturated carbocycles. The van der Waals surface area contributed by atoms with Gasteiger partial charge in [0.2, 0.25) is 0 Å². The van der Waals surface area contributed by atoms with Gasteiger partial charge >= 0.3 is 6.18 Å². The highest BCUT2D eigenvalue weighted by atomic mass is 32.1. The van der Waals surface area contributed by atoms with Crippen LogP contribution in [0.5, 0.6) is 0 Å². The van der Waals surface area contributed by atoms with E-state index in [0.29, 0.717) is 10.9 Å². The van der Waals surface area contributed by atoms with E-state index in [2.05, 4.69) is 38.0 Å². The van der Waals surface area contributed by atoms with Crippen LogP contribution in [0.4, 0.5) is 19.0 Å². The maximum atomic E-state index is 12.9. The first-order valence-corrected chi connectivity index (χ1v) is 11.8. The number of rotatable bonds is 6. The molecule has 0 amide bonds. The van der Waals surface area contributed by atoms with E-state index in [1.807, 2.05) is 17.9 Å². The fourth-order valence-electron chi connectivity index (χ4n) is 5.29. The Kier molecular flexibility index (Phi) is 5.40. The van der Waals surface area contributed by atoms with E-state index in [9.17, 15) is 13.2 Å². The van der Waals surface area contributed by atoms with E-state index in [1.54, 1.807) is 6.07 Å². The smallest absolute Gasteiger partial charge is 0.355 e. The van der Waals surface area contributed by atoms with Crippen molar-refractivity contribution in [3.8, 4) is 0 Å². The SMILES string of the molecule is CCCC(c1cnn(C)c1)N1CC2(CCN(c3ncnc4sc(CC(F)(F)F)cc34)C2)C1. The van der Waals surface area contributed by atoms with Crippen molar-refractivity contribution in [3.63, 3.8) is 0 Å². The number of halogens is 3. The predicted molar refractivity (Wildman–Crippen MR) is 119 cm³/mol. The molecule has 0 aromatic carbocycles. The van der Waals surface area contributed by atoms with Crippen molar-refractivity contribution in [2.45, 2.75) is 44.8 Å². The van der Waals surface area contributed by atoms with Gasteiger partial charge in [-0.25, -0.2) is 9.97 Å². The first-order valence-electron chi connectivity index (χ1n) is 11.0. The summed E-state index contributed by atoms with van der Waals surface area (Å²) in [6, 6.07) is 2.02. The van der Waals surface area contributed by atoms with E-state index >= 15 is 0 Å². The molecule has 2 fully saturated rings. The monoisotopic (exact) mass is 464 g/mol. The number of anilines is 1. The molecule has 0 aliphatic carbocycles. The van der Waals surface area contributed by atoms with Gasteiger partial charge < -0.3 is 4.90 Å². The molecule has 1 atom stereocenters.